The van der Waals surface area contributed by atoms with Crippen LogP contribution in [0, 0.1) is 0 Å². The summed E-state index contributed by atoms with van der Waals surface area (Å²) in [5.74, 6) is 1.01. The average molecular weight is 238 g/mol. The molecule has 18 heavy (non-hydrogen) atoms. The molecule has 0 atom stereocenters. The fraction of sp³-hybridized carbons (Fsp3) is 0.294. The minimum Gasteiger partial charge on any atom is -0.488 e. The molecule has 0 saturated heterocycles. The highest BCUT2D eigenvalue weighted by molar-refractivity contribution is 5.75. The molecule has 0 radical (unpaired) electrons. The van der Waals surface area contributed by atoms with Crippen molar-refractivity contribution in [2.45, 2.75) is 32.8 Å². The van der Waals surface area contributed by atoms with Crippen molar-refractivity contribution in [1.29, 1.82) is 0 Å². The lowest BCUT2D eigenvalue weighted by Crippen LogP contribution is -2.05. The van der Waals surface area contributed by atoms with Crippen molar-refractivity contribution >= 4 is 0 Å². The first kappa shape index (κ1) is 11.3. The van der Waals surface area contributed by atoms with E-state index < -0.39 is 0 Å². The first-order valence-electron chi connectivity index (χ1n) is 6.72. The van der Waals surface area contributed by atoms with Crippen molar-refractivity contribution in [3.05, 3.63) is 53.6 Å². The highest BCUT2D eigenvalue weighted by Gasteiger charge is 2.16. The summed E-state index contributed by atoms with van der Waals surface area (Å²) in [6, 6.07) is 15.1. The lowest BCUT2D eigenvalue weighted by Gasteiger charge is -2.21. The summed E-state index contributed by atoms with van der Waals surface area (Å²) in [6.45, 7) is 2.93. The standard InChI is InChI=1S/C17H18O/c1-2-3-6-13-9-10-14-12-18-17-8-5-4-7-15(17)16(14)11-13/h4-5,7-11H,2-3,6,12H2,1H3. The molecule has 2 aromatic carbocycles. The number of para-hydroxylation sites is 1. The van der Waals surface area contributed by atoms with Crippen LogP contribution in [0.3, 0.4) is 0 Å². The molecule has 0 saturated carbocycles. The molecule has 0 fully saturated rings. The molecular weight excluding hydrogens is 220 g/mol. The molecule has 1 aliphatic heterocycles. The molecule has 3 rings (SSSR count). The van der Waals surface area contributed by atoms with Crippen LogP contribution in [0.4, 0.5) is 0 Å². The third kappa shape index (κ3) is 2.01. The Hall–Kier alpha value is -1.76. The quantitative estimate of drug-likeness (QED) is 0.760. The Kier molecular flexibility index (Phi) is 3.06. The summed E-state index contributed by atoms with van der Waals surface area (Å²) < 4.78 is 5.77. The van der Waals surface area contributed by atoms with Crippen molar-refractivity contribution in [1.82, 2.24) is 0 Å². The summed E-state index contributed by atoms with van der Waals surface area (Å²) in [6.07, 6.45) is 3.68. The monoisotopic (exact) mass is 238 g/mol. The second kappa shape index (κ2) is 4.85. The van der Waals surface area contributed by atoms with Crippen LogP contribution in [0.15, 0.2) is 42.5 Å². The minimum absolute atomic E-state index is 0.695. The van der Waals surface area contributed by atoms with Gasteiger partial charge in [-0.05, 0) is 35.6 Å². The molecule has 1 heteroatoms. The molecular formula is C17H18O. The normalized spacial score (nSPS) is 12.5. The Morgan fingerprint density at radius 1 is 1.06 bits per heavy atom. The Morgan fingerprint density at radius 3 is 2.83 bits per heavy atom. The first-order chi connectivity index (χ1) is 8.88. The summed E-state index contributed by atoms with van der Waals surface area (Å²) in [4.78, 5) is 0. The van der Waals surface area contributed by atoms with Crippen molar-refractivity contribution in [2.24, 2.45) is 0 Å². The van der Waals surface area contributed by atoms with Crippen LogP contribution < -0.4 is 4.74 Å². The molecule has 0 N–H and O–H groups in total. The average Bonchev–Trinajstić information content (AvgIpc) is 2.45. The van der Waals surface area contributed by atoms with E-state index in [2.05, 4.69) is 43.3 Å². The number of rotatable bonds is 3. The second-order valence-electron chi connectivity index (χ2n) is 4.88. The summed E-state index contributed by atoms with van der Waals surface area (Å²) >= 11 is 0. The number of hydrogen-bond donors (Lipinski definition) is 0. The maximum absolute atomic E-state index is 5.77. The van der Waals surface area contributed by atoms with Crippen LogP contribution in [-0.2, 0) is 13.0 Å². The van der Waals surface area contributed by atoms with E-state index in [1.54, 1.807) is 0 Å². The molecule has 1 heterocycles. The van der Waals surface area contributed by atoms with Crippen molar-refractivity contribution in [3.63, 3.8) is 0 Å². The molecule has 2 aromatic rings. The van der Waals surface area contributed by atoms with Gasteiger partial charge >= 0.3 is 0 Å². The van der Waals surface area contributed by atoms with Gasteiger partial charge in [0.1, 0.15) is 12.4 Å². The minimum atomic E-state index is 0.695. The highest BCUT2D eigenvalue weighted by atomic mass is 16.5. The van der Waals surface area contributed by atoms with Crippen LogP contribution in [0.2, 0.25) is 0 Å². The zero-order valence-electron chi connectivity index (χ0n) is 10.8. The predicted molar refractivity (Wildman–Crippen MR) is 74.8 cm³/mol. The Bertz CT molecular complexity index is 557. The van der Waals surface area contributed by atoms with Crippen LogP contribution in [-0.4, -0.2) is 0 Å². The predicted octanol–water partition coefficient (Wildman–Crippen LogP) is 4.59. The van der Waals surface area contributed by atoms with Crippen LogP contribution in [0.1, 0.15) is 30.9 Å². The van der Waals surface area contributed by atoms with Gasteiger partial charge in [0.05, 0.1) is 0 Å². The third-order valence-electron chi connectivity index (χ3n) is 3.55. The highest BCUT2D eigenvalue weighted by Crippen LogP contribution is 2.37. The maximum atomic E-state index is 5.77. The lowest BCUT2D eigenvalue weighted by atomic mass is 9.94. The Morgan fingerprint density at radius 2 is 1.94 bits per heavy atom. The number of unbranched alkanes of at least 4 members (excludes halogenated alkanes) is 1. The molecule has 92 valence electrons. The maximum Gasteiger partial charge on any atom is 0.127 e. The zero-order valence-corrected chi connectivity index (χ0v) is 10.8. The number of benzene rings is 2. The molecule has 0 bridgehead atoms. The number of ether oxygens (including phenoxy) is 1. The molecule has 0 spiro atoms. The summed E-state index contributed by atoms with van der Waals surface area (Å²) in [5, 5.41) is 0. The summed E-state index contributed by atoms with van der Waals surface area (Å²) in [5.41, 5.74) is 5.32. The van der Waals surface area contributed by atoms with Crippen LogP contribution >= 0.6 is 0 Å². The zero-order chi connectivity index (χ0) is 12.4. The second-order valence-corrected chi connectivity index (χ2v) is 4.88. The van der Waals surface area contributed by atoms with Gasteiger partial charge in [0.2, 0.25) is 0 Å². The van der Waals surface area contributed by atoms with Crippen molar-refractivity contribution < 1.29 is 4.74 Å². The van der Waals surface area contributed by atoms with E-state index in [0.29, 0.717) is 6.61 Å². The Labute approximate surface area is 108 Å². The van der Waals surface area contributed by atoms with Gasteiger partial charge in [-0.15, -0.1) is 0 Å². The van der Waals surface area contributed by atoms with Gasteiger partial charge in [-0.2, -0.15) is 0 Å². The van der Waals surface area contributed by atoms with Gasteiger partial charge in [0.25, 0.3) is 0 Å². The van der Waals surface area contributed by atoms with Crippen molar-refractivity contribution in [3.8, 4) is 16.9 Å². The van der Waals surface area contributed by atoms with Gasteiger partial charge < -0.3 is 4.74 Å². The third-order valence-corrected chi connectivity index (χ3v) is 3.55. The van der Waals surface area contributed by atoms with E-state index in [1.165, 1.54) is 41.5 Å². The first-order valence-corrected chi connectivity index (χ1v) is 6.72. The fourth-order valence-electron chi connectivity index (χ4n) is 2.51. The van der Waals surface area contributed by atoms with Gasteiger partial charge in [-0.1, -0.05) is 49.7 Å². The molecule has 1 nitrogen and oxygen atoms in total. The van der Waals surface area contributed by atoms with Gasteiger partial charge in [0, 0.05) is 5.56 Å². The van der Waals surface area contributed by atoms with E-state index in [4.69, 9.17) is 4.74 Å². The largest absolute Gasteiger partial charge is 0.488 e. The smallest absolute Gasteiger partial charge is 0.127 e. The van der Waals surface area contributed by atoms with E-state index in [-0.39, 0.29) is 0 Å². The van der Waals surface area contributed by atoms with Crippen molar-refractivity contribution in [2.75, 3.05) is 0 Å². The molecule has 0 amide bonds. The lowest BCUT2D eigenvalue weighted by molar-refractivity contribution is 0.302. The van der Waals surface area contributed by atoms with E-state index in [9.17, 15) is 0 Å². The van der Waals surface area contributed by atoms with E-state index in [1.807, 2.05) is 6.07 Å². The number of fused-ring (bicyclic) bond motifs is 3. The summed E-state index contributed by atoms with van der Waals surface area (Å²) in [7, 11) is 0. The fourth-order valence-corrected chi connectivity index (χ4v) is 2.51. The number of hydrogen-bond acceptors (Lipinski definition) is 1. The number of aryl methyl sites for hydroxylation is 1. The molecule has 1 aliphatic rings. The van der Waals surface area contributed by atoms with Crippen LogP contribution in [0.25, 0.3) is 11.1 Å². The van der Waals surface area contributed by atoms with E-state index >= 15 is 0 Å². The topological polar surface area (TPSA) is 9.23 Å². The van der Waals surface area contributed by atoms with Gasteiger partial charge in [-0.3, -0.25) is 0 Å². The van der Waals surface area contributed by atoms with E-state index in [0.717, 1.165) is 5.75 Å². The molecule has 0 aliphatic carbocycles. The van der Waals surface area contributed by atoms with Gasteiger partial charge in [-0.25, -0.2) is 0 Å². The SMILES string of the molecule is CCCCc1ccc2c(c1)-c1ccccc1OC2. The molecule has 0 aromatic heterocycles. The Balaban J connectivity index is 2.02. The molecule has 0 unspecified atom stereocenters. The van der Waals surface area contributed by atoms with Crippen LogP contribution in [0.5, 0.6) is 5.75 Å². The van der Waals surface area contributed by atoms with Gasteiger partial charge in [0.15, 0.2) is 0 Å².